The molecule has 7 nitrogen and oxygen atoms in total. The van der Waals surface area contributed by atoms with Gasteiger partial charge in [-0.15, -0.1) is 0 Å². The van der Waals surface area contributed by atoms with E-state index in [2.05, 4.69) is 10.1 Å². The van der Waals surface area contributed by atoms with Crippen LogP contribution in [0.1, 0.15) is 6.42 Å². The van der Waals surface area contributed by atoms with Gasteiger partial charge in [-0.2, -0.15) is 18.3 Å². The first-order chi connectivity index (χ1) is 9.26. The Morgan fingerprint density at radius 1 is 1.40 bits per heavy atom. The lowest BCUT2D eigenvalue weighted by Crippen LogP contribution is -2.48. The maximum absolute atomic E-state index is 12.9. The molecule has 1 aliphatic rings. The summed E-state index contributed by atoms with van der Waals surface area (Å²) in [7, 11) is 0. The van der Waals surface area contributed by atoms with Crippen molar-refractivity contribution in [3.63, 3.8) is 0 Å². The fourth-order valence-electron chi connectivity index (χ4n) is 2.10. The first-order valence-electron chi connectivity index (χ1n) is 5.66. The van der Waals surface area contributed by atoms with Crippen LogP contribution >= 0.6 is 0 Å². The summed E-state index contributed by atoms with van der Waals surface area (Å²) in [6.45, 7) is -1.40. The minimum Gasteiger partial charge on any atom is -0.481 e. The van der Waals surface area contributed by atoms with E-state index in [1.807, 2.05) is 0 Å². The number of carboxylic acid groups (broad SMARTS) is 1. The molecule has 0 spiro atoms. The van der Waals surface area contributed by atoms with Gasteiger partial charge < -0.3 is 10.0 Å². The third-order valence-corrected chi connectivity index (χ3v) is 3.34. The molecule has 1 aliphatic heterocycles. The zero-order valence-electron chi connectivity index (χ0n) is 10.2. The second-order valence-electron chi connectivity index (χ2n) is 4.54. The van der Waals surface area contributed by atoms with Crippen LogP contribution in [0.15, 0.2) is 12.7 Å². The Balaban J connectivity index is 2.11. The molecule has 0 saturated carbocycles. The van der Waals surface area contributed by atoms with Gasteiger partial charge in [-0.3, -0.25) is 9.59 Å². The van der Waals surface area contributed by atoms with Crippen molar-refractivity contribution in [2.75, 3.05) is 13.1 Å². The standard InChI is InChI=1S/C10H11F3N4O3/c11-10(12,13)9(8(19)20)1-2-16(4-9)7(18)3-17-6-14-5-15-17/h5-6H,1-4H2,(H,19,20). The second-order valence-corrected chi connectivity index (χ2v) is 4.54. The van der Waals surface area contributed by atoms with E-state index >= 15 is 0 Å². The molecule has 1 saturated heterocycles. The molecular weight excluding hydrogens is 281 g/mol. The van der Waals surface area contributed by atoms with Crippen LogP contribution in [0.5, 0.6) is 0 Å². The molecule has 1 aromatic rings. The summed E-state index contributed by atoms with van der Waals surface area (Å²) in [6, 6.07) is 0. The smallest absolute Gasteiger partial charge is 0.406 e. The Morgan fingerprint density at radius 3 is 2.55 bits per heavy atom. The number of hydrogen-bond acceptors (Lipinski definition) is 4. The third kappa shape index (κ3) is 2.32. The molecule has 2 heterocycles. The van der Waals surface area contributed by atoms with Gasteiger partial charge in [0.05, 0.1) is 0 Å². The molecule has 0 radical (unpaired) electrons. The number of halogens is 3. The number of likely N-dealkylation sites (tertiary alicyclic amines) is 1. The van der Waals surface area contributed by atoms with Crippen LogP contribution in [0.25, 0.3) is 0 Å². The van der Waals surface area contributed by atoms with E-state index in [4.69, 9.17) is 5.11 Å². The van der Waals surface area contributed by atoms with E-state index in [0.717, 1.165) is 9.58 Å². The zero-order chi connectivity index (χ0) is 15.0. The summed E-state index contributed by atoms with van der Waals surface area (Å²) in [6.07, 6.45) is -3.10. The predicted octanol–water partition coefficient (Wildman–Crippen LogP) is 0.144. The van der Waals surface area contributed by atoms with Crippen molar-refractivity contribution in [1.82, 2.24) is 19.7 Å². The predicted molar refractivity (Wildman–Crippen MR) is 57.3 cm³/mol. The van der Waals surface area contributed by atoms with Crippen LogP contribution in [-0.2, 0) is 16.1 Å². The number of carbonyl (C=O) groups excluding carboxylic acids is 1. The fourth-order valence-corrected chi connectivity index (χ4v) is 2.10. The molecule has 1 aromatic heterocycles. The van der Waals surface area contributed by atoms with Crippen LogP contribution in [-0.4, -0.2) is 55.9 Å². The molecular formula is C10H11F3N4O3. The highest BCUT2D eigenvalue weighted by Gasteiger charge is 2.64. The SMILES string of the molecule is O=C(Cn1cncn1)N1CCC(C(=O)O)(C(F)(F)F)C1. The summed E-state index contributed by atoms with van der Waals surface area (Å²) >= 11 is 0. The van der Waals surface area contributed by atoms with Crippen LogP contribution < -0.4 is 0 Å². The molecule has 110 valence electrons. The van der Waals surface area contributed by atoms with Gasteiger partial charge in [0.2, 0.25) is 5.91 Å². The Kier molecular flexibility index (Phi) is 3.40. The number of rotatable bonds is 3. The number of carboxylic acids is 1. The molecule has 1 unspecified atom stereocenters. The average Bonchev–Trinajstić information content (AvgIpc) is 2.96. The van der Waals surface area contributed by atoms with Gasteiger partial charge in [-0.05, 0) is 6.42 Å². The zero-order valence-corrected chi connectivity index (χ0v) is 10.2. The van der Waals surface area contributed by atoms with Gasteiger partial charge in [0, 0.05) is 13.1 Å². The molecule has 1 atom stereocenters. The van der Waals surface area contributed by atoms with E-state index in [9.17, 15) is 22.8 Å². The van der Waals surface area contributed by atoms with Crippen LogP contribution in [0.4, 0.5) is 13.2 Å². The van der Waals surface area contributed by atoms with Gasteiger partial charge in [0.25, 0.3) is 0 Å². The lowest BCUT2D eigenvalue weighted by molar-refractivity contribution is -0.227. The summed E-state index contributed by atoms with van der Waals surface area (Å²) in [5.41, 5.74) is -2.88. The van der Waals surface area contributed by atoms with Crippen molar-refractivity contribution in [3.05, 3.63) is 12.7 Å². The topological polar surface area (TPSA) is 88.3 Å². The first-order valence-corrected chi connectivity index (χ1v) is 5.66. The quantitative estimate of drug-likeness (QED) is 0.856. The average molecular weight is 292 g/mol. The van der Waals surface area contributed by atoms with Gasteiger partial charge in [0.1, 0.15) is 19.2 Å². The van der Waals surface area contributed by atoms with Crippen molar-refractivity contribution in [1.29, 1.82) is 0 Å². The van der Waals surface area contributed by atoms with Crippen molar-refractivity contribution < 1.29 is 27.9 Å². The van der Waals surface area contributed by atoms with E-state index in [1.54, 1.807) is 0 Å². The fraction of sp³-hybridized carbons (Fsp3) is 0.600. The molecule has 0 aliphatic carbocycles. The maximum atomic E-state index is 12.9. The normalized spacial score (nSPS) is 23.1. The number of carbonyl (C=O) groups is 2. The lowest BCUT2D eigenvalue weighted by atomic mass is 9.86. The number of aromatic nitrogens is 3. The number of aliphatic carboxylic acids is 1. The highest BCUT2D eigenvalue weighted by Crippen LogP contribution is 2.45. The van der Waals surface area contributed by atoms with Crippen LogP contribution in [0.3, 0.4) is 0 Å². The Labute approximate surface area is 111 Å². The van der Waals surface area contributed by atoms with E-state index in [-0.39, 0.29) is 13.1 Å². The number of nitrogens with zero attached hydrogens (tertiary/aromatic N) is 4. The van der Waals surface area contributed by atoms with E-state index < -0.39 is 36.4 Å². The van der Waals surface area contributed by atoms with Crippen molar-refractivity contribution in [2.45, 2.75) is 19.1 Å². The molecule has 2 rings (SSSR count). The van der Waals surface area contributed by atoms with Crippen molar-refractivity contribution in [2.24, 2.45) is 5.41 Å². The van der Waals surface area contributed by atoms with Gasteiger partial charge in [0.15, 0.2) is 5.41 Å². The first kappa shape index (κ1) is 14.3. The van der Waals surface area contributed by atoms with Crippen molar-refractivity contribution >= 4 is 11.9 Å². The van der Waals surface area contributed by atoms with Gasteiger partial charge >= 0.3 is 12.1 Å². The molecule has 0 aromatic carbocycles. The minimum absolute atomic E-state index is 0.251. The second kappa shape index (κ2) is 4.76. The molecule has 10 heteroatoms. The monoisotopic (exact) mass is 292 g/mol. The summed E-state index contributed by atoms with van der Waals surface area (Å²) in [4.78, 5) is 27.3. The van der Waals surface area contributed by atoms with Crippen molar-refractivity contribution in [3.8, 4) is 0 Å². The molecule has 1 amide bonds. The summed E-state index contributed by atoms with van der Waals surface area (Å²) in [5.74, 6) is -2.58. The maximum Gasteiger partial charge on any atom is 0.406 e. The van der Waals surface area contributed by atoms with Gasteiger partial charge in [-0.1, -0.05) is 0 Å². The molecule has 20 heavy (non-hydrogen) atoms. The summed E-state index contributed by atoms with van der Waals surface area (Å²) < 4.78 is 40.0. The number of amides is 1. The van der Waals surface area contributed by atoms with E-state index in [1.165, 1.54) is 12.7 Å². The highest BCUT2D eigenvalue weighted by molar-refractivity contribution is 5.81. The Hall–Kier alpha value is -2.13. The summed E-state index contributed by atoms with van der Waals surface area (Å²) in [5, 5.41) is 12.5. The minimum atomic E-state index is -4.90. The van der Waals surface area contributed by atoms with Gasteiger partial charge in [-0.25, -0.2) is 9.67 Å². The van der Waals surface area contributed by atoms with Crippen LogP contribution in [0, 0.1) is 5.41 Å². The molecule has 1 fully saturated rings. The molecule has 0 bridgehead atoms. The van der Waals surface area contributed by atoms with Crippen LogP contribution in [0.2, 0.25) is 0 Å². The lowest BCUT2D eigenvalue weighted by Gasteiger charge is -2.27. The molecule has 1 N–H and O–H groups in total. The number of alkyl halides is 3. The third-order valence-electron chi connectivity index (χ3n) is 3.34. The largest absolute Gasteiger partial charge is 0.481 e. The number of hydrogen-bond donors (Lipinski definition) is 1. The Morgan fingerprint density at radius 2 is 2.10 bits per heavy atom. The van der Waals surface area contributed by atoms with E-state index in [0.29, 0.717) is 0 Å². The highest BCUT2D eigenvalue weighted by atomic mass is 19.4. The Bertz CT molecular complexity index is 516.